The lowest BCUT2D eigenvalue weighted by Gasteiger charge is -2.31. The SMILES string of the molecule is CCCOC(=O)c1ccc(N2COc3ccc4c(CC)cc(=O)oc4c3C2)cc1. The van der Waals surface area contributed by atoms with Crippen LogP contribution < -0.4 is 15.3 Å². The lowest BCUT2D eigenvalue weighted by molar-refractivity contribution is 0.0505. The average Bonchev–Trinajstić information content (AvgIpc) is 2.76. The van der Waals surface area contributed by atoms with Gasteiger partial charge in [0.05, 0.1) is 24.3 Å². The molecule has 0 fully saturated rings. The Bertz CT molecular complexity index is 1100. The maximum Gasteiger partial charge on any atom is 0.338 e. The van der Waals surface area contributed by atoms with E-state index in [4.69, 9.17) is 13.9 Å². The molecule has 1 aliphatic heterocycles. The molecular weight excluding hydrogens is 370 g/mol. The molecule has 0 saturated carbocycles. The van der Waals surface area contributed by atoms with Gasteiger partial charge in [-0.3, -0.25) is 0 Å². The standard InChI is InChI=1S/C23H23NO5/c1-3-11-27-23(26)16-5-7-17(8-6-16)24-13-19-20(28-14-24)10-9-18-15(4-2)12-21(25)29-22(18)19/h5-10,12H,3-4,11,13-14H2,1-2H3. The van der Waals surface area contributed by atoms with Crippen molar-refractivity contribution in [1.29, 1.82) is 0 Å². The van der Waals surface area contributed by atoms with Crippen molar-refractivity contribution in [3.63, 3.8) is 0 Å². The molecule has 6 nitrogen and oxygen atoms in total. The van der Waals surface area contributed by atoms with Gasteiger partial charge in [-0.1, -0.05) is 13.8 Å². The summed E-state index contributed by atoms with van der Waals surface area (Å²) in [5.74, 6) is 0.406. The van der Waals surface area contributed by atoms with Crippen LogP contribution in [0.4, 0.5) is 5.69 Å². The molecular formula is C23H23NO5. The van der Waals surface area contributed by atoms with Crippen molar-refractivity contribution in [1.82, 2.24) is 0 Å². The zero-order valence-corrected chi connectivity index (χ0v) is 16.6. The van der Waals surface area contributed by atoms with Crippen LogP contribution in [-0.4, -0.2) is 19.3 Å². The van der Waals surface area contributed by atoms with Crippen LogP contribution in [-0.2, 0) is 17.7 Å². The summed E-state index contributed by atoms with van der Waals surface area (Å²) >= 11 is 0. The van der Waals surface area contributed by atoms with E-state index in [-0.39, 0.29) is 11.6 Å². The first-order valence-corrected chi connectivity index (χ1v) is 9.84. The molecule has 0 atom stereocenters. The number of fused-ring (bicyclic) bond motifs is 3. The van der Waals surface area contributed by atoms with Crippen molar-refractivity contribution in [2.24, 2.45) is 0 Å². The van der Waals surface area contributed by atoms with E-state index in [1.165, 1.54) is 0 Å². The zero-order valence-electron chi connectivity index (χ0n) is 16.6. The molecule has 150 valence electrons. The van der Waals surface area contributed by atoms with Crippen LogP contribution in [0.3, 0.4) is 0 Å². The Morgan fingerprint density at radius 1 is 1.14 bits per heavy atom. The van der Waals surface area contributed by atoms with Gasteiger partial charge in [-0.05, 0) is 54.8 Å². The number of hydrogen-bond donors (Lipinski definition) is 0. The van der Waals surface area contributed by atoms with E-state index in [2.05, 4.69) is 0 Å². The molecule has 0 bridgehead atoms. The molecule has 0 amide bonds. The van der Waals surface area contributed by atoms with Crippen molar-refractivity contribution in [2.75, 3.05) is 18.2 Å². The summed E-state index contributed by atoms with van der Waals surface area (Å²) < 4.78 is 16.6. The molecule has 4 rings (SSSR count). The van der Waals surface area contributed by atoms with E-state index in [0.29, 0.717) is 31.0 Å². The van der Waals surface area contributed by atoms with Gasteiger partial charge in [0.1, 0.15) is 11.3 Å². The Morgan fingerprint density at radius 2 is 1.93 bits per heavy atom. The van der Waals surface area contributed by atoms with Crippen LogP contribution in [0.5, 0.6) is 5.75 Å². The molecule has 1 aliphatic rings. The van der Waals surface area contributed by atoms with Crippen molar-refractivity contribution < 1.29 is 18.7 Å². The predicted molar refractivity (Wildman–Crippen MR) is 111 cm³/mol. The number of benzene rings is 2. The monoisotopic (exact) mass is 393 g/mol. The van der Waals surface area contributed by atoms with Gasteiger partial charge in [0.15, 0.2) is 6.73 Å². The smallest absolute Gasteiger partial charge is 0.338 e. The van der Waals surface area contributed by atoms with E-state index in [0.717, 1.165) is 40.8 Å². The number of nitrogens with zero attached hydrogens (tertiary/aromatic N) is 1. The first kappa shape index (κ1) is 19.1. The van der Waals surface area contributed by atoms with Gasteiger partial charge in [-0.15, -0.1) is 0 Å². The summed E-state index contributed by atoms with van der Waals surface area (Å²) in [4.78, 5) is 26.0. The molecule has 0 unspecified atom stereocenters. The van der Waals surface area contributed by atoms with Gasteiger partial charge in [0.2, 0.25) is 0 Å². The lowest BCUT2D eigenvalue weighted by Crippen LogP contribution is -2.32. The van der Waals surface area contributed by atoms with Gasteiger partial charge in [0.25, 0.3) is 0 Å². The third kappa shape index (κ3) is 3.70. The highest BCUT2D eigenvalue weighted by molar-refractivity contribution is 5.90. The fourth-order valence-electron chi connectivity index (χ4n) is 3.54. The van der Waals surface area contributed by atoms with Crippen LogP contribution in [0, 0.1) is 0 Å². The van der Waals surface area contributed by atoms with Crippen molar-refractivity contribution in [3.05, 3.63) is 69.6 Å². The van der Waals surface area contributed by atoms with E-state index in [1.807, 2.05) is 43.0 Å². The maximum atomic E-state index is 12.0. The van der Waals surface area contributed by atoms with E-state index in [9.17, 15) is 9.59 Å². The van der Waals surface area contributed by atoms with Crippen LogP contribution in [0.1, 0.15) is 41.8 Å². The minimum absolute atomic E-state index is 0.321. The number of rotatable bonds is 5. The summed E-state index contributed by atoms with van der Waals surface area (Å²) in [5.41, 5.74) is 3.48. The van der Waals surface area contributed by atoms with Crippen LogP contribution in [0.15, 0.2) is 51.7 Å². The summed E-state index contributed by atoms with van der Waals surface area (Å²) in [6, 6.07) is 12.7. The van der Waals surface area contributed by atoms with Gasteiger partial charge >= 0.3 is 11.6 Å². The number of ether oxygens (including phenoxy) is 2. The van der Waals surface area contributed by atoms with Crippen LogP contribution in [0.2, 0.25) is 0 Å². The topological polar surface area (TPSA) is 69.0 Å². The quantitative estimate of drug-likeness (QED) is 0.476. The number of aryl methyl sites for hydroxylation is 1. The molecule has 0 saturated heterocycles. The Morgan fingerprint density at radius 3 is 2.66 bits per heavy atom. The van der Waals surface area contributed by atoms with E-state index < -0.39 is 0 Å². The summed E-state index contributed by atoms with van der Waals surface area (Å²) in [7, 11) is 0. The van der Waals surface area contributed by atoms with Crippen molar-refractivity contribution >= 4 is 22.6 Å². The molecule has 1 aromatic heterocycles. The number of esters is 1. The molecule has 6 heteroatoms. The van der Waals surface area contributed by atoms with Gasteiger partial charge in [-0.2, -0.15) is 0 Å². The fraction of sp³-hybridized carbons (Fsp3) is 0.304. The zero-order chi connectivity index (χ0) is 20.4. The second kappa shape index (κ2) is 7.99. The molecule has 0 N–H and O–H groups in total. The van der Waals surface area contributed by atoms with Crippen molar-refractivity contribution in [2.45, 2.75) is 33.2 Å². The molecule has 2 aromatic carbocycles. The molecule has 3 aromatic rings. The highest BCUT2D eigenvalue weighted by Gasteiger charge is 2.23. The molecule has 0 aliphatic carbocycles. The van der Waals surface area contributed by atoms with Crippen LogP contribution in [0.25, 0.3) is 11.0 Å². The largest absolute Gasteiger partial charge is 0.473 e. The third-order valence-electron chi connectivity index (χ3n) is 5.07. The molecule has 29 heavy (non-hydrogen) atoms. The Hall–Kier alpha value is -3.28. The van der Waals surface area contributed by atoms with Gasteiger partial charge in [0, 0.05) is 17.1 Å². The number of carbonyl (C=O) groups excluding carboxylic acids is 1. The minimum atomic E-state index is -0.352. The summed E-state index contributed by atoms with van der Waals surface area (Å²) in [6.45, 7) is 5.30. The highest BCUT2D eigenvalue weighted by Crippen LogP contribution is 2.34. The summed E-state index contributed by atoms with van der Waals surface area (Å²) in [6.07, 6.45) is 1.54. The first-order valence-electron chi connectivity index (χ1n) is 9.84. The maximum absolute atomic E-state index is 12.0. The molecule has 0 spiro atoms. The lowest BCUT2D eigenvalue weighted by atomic mass is 10.0. The highest BCUT2D eigenvalue weighted by atomic mass is 16.5. The fourth-order valence-corrected chi connectivity index (χ4v) is 3.54. The van der Waals surface area contributed by atoms with Crippen molar-refractivity contribution in [3.8, 4) is 5.75 Å². The normalized spacial score (nSPS) is 13.1. The minimum Gasteiger partial charge on any atom is -0.473 e. The Kier molecular flexibility index (Phi) is 5.25. The van der Waals surface area contributed by atoms with E-state index >= 15 is 0 Å². The van der Waals surface area contributed by atoms with Gasteiger partial charge < -0.3 is 18.8 Å². The Balaban J connectivity index is 1.64. The number of carbonyl (C=O) groups is 1. The Labute approximate surface area is 168 Å². The number of anilines is 1. The van der Waals surface area contributed by atoms with Gasteiger partial charge in [-0.25, -0.2) is 9.59 Å². The third-order valence-corrected chi connectivity index (χ3v) is 5.07. The first-order chi connectivity index (χ1) is 14.1. The number of hydrogen-bond acceptors (Lipinski definition) is 6. The molecule has 0 radical (unpaired) electrons. The average molecular weight is 393 g/mol. The van der Waals surface area contributed by atoms with E-state index in [1.54, 1.807) is 18.2 Å². The molecule has 2 heterocycles. The second-order valence-corrected chi connectivity index (χ2v) is 7.02. The predicted octanol–water partition coefficient (Wildman–Crippen LogP) is 4.28. The summed E-state index contributed by atoms with van der Waals surface area (Å²) in [5, 5.41) is 0.935. The van der Waals surface area contributed by atoms with Crippen LogP contribution >= 0.6 is 0 Å². The second-order valence-electron chi connectivity index (χ2n) is 7.02.